The summed E-state index contributed by atoms with van der Waals surface area (Å²) in [5.41, 5.74) is 24.5. The first kappa shape index (κ1) is 17.5. The molecule has 0 spiro atoms. The van der Waals surface area contributed by atoms with Crippen LogP contribution in [-0.2, 0) is 0 Å². The van der Waals surface area contributed by atoms with E-state index in [2.05, 4.69) is 0 Å². The third-order valence-corrected chi connectivity index (χ3v) is 3.34. The van der Waals surface area contributed by atoms with Crippen LogP contribution in [0.5, 0.6) is 11.5 Å². The van der Waals surface area contributed by atoms with Crippen molar-refractivity contribution in [3.05, 3.63) is 36.4 Å². The highest BCUT2D eigenvalue weighted by atomic mass is 16.5. The molecule has 0 saturated heterocycles. The molecule has 10 N–H and O–H groups in total. The van der Waals surface area contributed by atoms with E-state index in [4.69, 9.17) is 32.4 Å². The molecular weight excluding hydrogens is 312 g/mol. The molecule has 130 valence electrons. The van der Waals surface area contributed by atoms with Crippen LogP contribution in [0, 0.1) is 0 Å². The van der Waals surface area contributed by atoms with E-state index in [1.54, 1.807) is 36.4 Å². The minimum absolute atomic E-state index is 0.176. The van der Waals surface area contributed by atoms with Crippen LogP contribution in [0.25, 0.3) is 0 Å². The third kappa shape index (κ3) is 4.58. The Morgan fingerprint density at radius 3 is 1.46 bits per heavy atom. The van der Waals surface area contributed by atoms with Crippen molar-refractivity contribution < 1.29 is 19.7 Å². The summed E-state index contributed by atoms with van der Waals surface area (Å²) in [4.78, 5) is 0. The van der Waals surface area contributed by atoms with Gasteiger partial charge in [0, 0.05) is 23.5 Å². The molecule has 0 fully saturated rings. The standard InChI is InChI=1S/C16H22N4O4/c17-9-1-3-11(19)15(5-9)23-7-13(21)14(22)8-24-16-6-10(18)2-4-12(16)20/h1-6,13-14,21-22H,7-8,17-20H2. The molecule has 2 unspecified atom stereocenters. The van der Waals surface area contributed by atoms with Gasteiger partial charge in [0.2, 0.25) is 0 Å². The Hall–Kier alpha value is -2.84. The molecule has 2 aromatic carbocycles. The van der Waals surface area contributed by atoms with Gasteiger partial charge in [-0.3, -0.25) is 0 Å². The number of hydrogen-bond donors (Lipinski definition) is 6. The van der Waals surface area contributed by atoms with Crippen LogP contribution < -0.4 is 32.4 Å². The number of rotatable bonds is 7. The van der Waals surface area contributed by atoms with Crippen LogP contribution in [0.3, 0.4) is 0 Å². The van der Waals surface area contributed by atoms with Gasteiger partial charge >= 0.3 is 0 Å². The maximum atomic E-state index is 9.96. The van der Waals surface area contributed by atoms with Gasteiger partial charge in [-0.2, -0.15) is 0 Å². The predicted octanol–water partition coefficient (Wildman–Crippen LogP) is 0.195. The summed E-state index contributed by atoms with van der Waals surface area (Å²) in [6, 6.07) is 9.55. The van der Waals surface area contributed by atoms with E-state index in [9.17, 15) is 10.2 Å². The van der Waals surface area contributed by atoms with Gasteiger partial charge in [0.25, 0.3) is 0 Å². The van der Waals surface area contributed by atoms with Crippen molar-refractivity contribution in [1.29, 1.82) is 0 Å². The molecular formula is C16H22N4O4. The second-order valence-corrected chi connectivity index (χ2v) is 5.35. The molecule has 0 radical (unpaired) electrons. The Morgan fingerprint density at radius 1 is 0.708 bits per heavy atom. The van der Waals surface area contributed by atoms with Crippen LogP contribution >= 0.6 is 0 Å². The van der Waals surface area contributed by atoms with Crippen molar-refractivity contribution >= 4 is 22.7 Å². The lowest BCUT2D eigenvalue weighted by Crippen LogP contribution is -2.36. The topological polar surface area (TPSA) is 163 Å². The number of ether oxygens (including phenoxy) is 2. The Kier molecular flexibility index (Phi) is 5.56. The molecule has 0 aliphatic carbocycles. The van der Waals surface area contributed by atoms with Gasteiger partial charge in [-0.15, -0.1) is 0 Å². The van der Waals surface area contributed by atoms with Gasteiger partial charge in [-0.1, -0.05) is 0 Å². The van der Waals surface area contributed by atoms with Gasteiger partial charge in [0.15, 0.2) is 0 Å². The van der Waals surface area contributed by atoms with Crippen LogP contribution in [0.15, 0.2) is 36.4 Å². The zero-order chi connectivity index (χ0) is 17.7. The molecule has 0 amide bonds. The summed E-state index contributed by atoms with van der Waals surface area (Å²) in [5.74, 6) is 0.671. The molecule has 2 aromatic rings. The molecule has 0 aromatic heterocycles. The van der Waals surface area contributed by atoms with Crippen molar-refractivity contribution in [1.82, 2.24) is 0 Å². The first-order valence-corrected chi connectivity index (χ1v) is 7.28. The number of nitrogen functional groups attached to an aromatic ring is 4. The van der Waals surface area contributed by atoms with Crippen LogP contribution in [0.1, 0.15) is 0 Å². The maximum Gasteiger partial charge on any atom is 0.144 e. The summed E-state index contributed by atoms with van der Waals surface area (Å²) in [6.45, 7) is -0.352. The molecule has 0 heterocycles. The molecule has 2 atom stereocenters. The van der Waals surface area contributed by atoms with E-state index < -0.39 is 12.2 Å². The molecule has 0 saturated carbocycles. The van der Waals surface area contributed by atoms with Crippen LogP contribution in [0.4, 0.5) is 22.7 Å². The van der Waals surface area contributed by atoms with Gasteiger partial charge in [0.1, 0.15) is 36.9 Å². The number of benzene rings is 2. The second kappa shape index (κ2) is 7.62. The lowest BCUT2D eigenvalue weighted by molar-refractivity contribution is -0.0286. The zero-order valence-corrected chi connectivity index (χ0v) is 13.1. The van der Waals surface area contributed by atoms with Crippen LogP contribution in [-0.4, -0.2) is 35.6 Å². The maximum absolute atomic E-state index is 9.96. The van der Waals surface area contributed by atoms with E-state index in [1.165, 1.54) is 0 Å². The number of aliphatic hydroxyl groups excluding tert-OH is 2. The lowest BCUT2D eigenvalue weighted by Gasteiger charge is -2.20. The van der Waals surface area contributed by atoms with E-state index in [0.717, 1.165) is 0 Å². The molecule has 0 aliphatic heterocycles. The first-order chi connectivity index (χ1) is 11.4. The van der Waals surface area contributed by atoms with E-state index in [-0.39, 0.29) is 13.2 Å². The Bertz CT molecular complexity index is 636. The number of nitrogens with two attached hydrogens (primary N) is 4. The van der Waals surface area contributed by atoms with Gasteiger partial charge in [0.05, 0.1) is 11.4 Å². The Morgan fingerprint density at radius 2 is 1.08 bits per heavy atom. The summed E-state index contributed by atoms with van der Waals surface area (Å²) in [6.07, 6.45) is -2.37. The molecule has 8 heteroatoms. The summed E-state index contributed by atoms with van der Waals surface area (Å²) in [7, 11) is 0. The number of hydrogen-bond acceptors (Lipinski definition) is 8. The molecule has 0 bridgehead atoms. The predicted molar refractivity (Wildman–Crippen MR) is 93.5 cm³/mol. The van der Waals surface area contributed by atoms with Gasteiger partial charge < -0.3 is 42.6 Å². The van der Waals surface area contributed by atoms with Crippen molar-refractivity contribution in [3.8, 4) is 11.5 Å². The van der Waals surface area contributed by atoms with E-state index in [0.29, 0.717) is 34.2 Å². The highest BCUT2D eigenvalue weighted by Crippen LogP contribution is 2.25. The van der Waals surface area contributed by atoms with E-state index in [1.807, 2.05) is 0 Å². The SMILES string of the molecule is Nc1ccc(N)c(OCC(O)C(O)COc2cc(N)ccc2N)c1. The second-order valence-electron chi connectivity index (χ2n) is 5.35. The third-order valence-electron chi connectivity index (χ3n) is 3.34. The molecule has 8 nitrogen and oxygen atoms in total. The highest BCUT2D eigenvalue weighted by molar-refractivity contribution is 5.60. The largest absolute Gasteiger partial charge is 0.489 e. The minimum atomic E-state index is -1.19. The Labute approximate surface area is 139 Å². The average Bonchev–Trinajstić information content (AvgIpc) is 2.55. The van der Waals surface area contributed by atoms with E-state index >= 15 is 0 Å². The van der Waals surface area contributed by atoms with Gasteiger partial charge in [-0.25, -0.2) is 0 Å². The number of aliphatic hydroxyl groups is 2. The fourth-order valence-electron chi connectivity index (χ4n) is 1.92. The highest BCUT2D eigenvalue weighted by Gasteiger charge is 2.19. The normalized spacial score (nSPS) is 13.2. The molecule has 2 rings (SSSR count). The van der Waals surface area contributed by atoms with Gasteiger partial charge in [-0.05, 0) is 24.3 Å². The first-order valence-electron chi connectivity index (χ1n) is 7.28. The van der Waals surface area contributed by atoms with Crippen molar-refractivity contribution in [2.24, 2.45) is 0 Å². The number of anilines is 4. The summed E-state index contributed by atoms with van der Waals surface area (Å²) >= 11 is 0. The monoisotopic (exact) mass is 334 g/mol. The molecule has 24 heavy (non-hydrogen) atoms. The average molecular weight is 334 g/mol. The minimum Gasteiger partial charge on any atom is -0.489 e. The Balaban J connectivity index is 1.86. The lowest BCUT2D eigenvalue weighted by atomic mass is 10.2. The summed E-state index contributed by atoms with van der Waals surface area (Å²) in [5, 5.41) is 19.9. The fraction of sp³-hybridized carbons (Fsp3) is 0.250. The quantitative estimate of drug-likeness (QED) is 0.391. The summed E-state index contributed by atoms with van der Waals surface area (Å²) < 4.78 is 10.8. The fourth-order valence-corrected chi connectivity index (χ4v) is 1.92. The molecule has 0 aliphatic rings. The zero-order valence-electron chi connectivity index (χ0n) is 13.1. The van der Waals surface area contributed by atoms with Crippen LogP contribution in [0.2, 0.25) is 0 Å². The smallest absolute Gasteiger partial charge is 0.144 e. The van der Waals surface area contributed by atoms with Crippen molar-refractivity contribution in [3.63, 3.8) is 0 Å². The van der Waals surface area contributed by atoms with Crippen molar-refractivity contribution in [2.45, 2.75) is 12.2 Å². The van der Waals surface area contributed by atoms with Crippen molar-refractivity contribution in [2.75, 3.05) is 36.1 Å².